The molecule has 2 aromatic carbocycles. The first-order valence-corrected chi connectivity index (χ1v) is 11.1. The molecule has 0 saturated carbocycles. The first-order chi connectivity index (χ1) is 14.4. The number of carbonyl (C=O) groups excluding carboxylic acids is 1. The monoisotopic (exact) mass is 406 g/mol. The van der Waals surface area contributed by atoms with Gasteiger partial charge in [-0.25, -0.2) is 0 Å². The van der Waals surface area contributed by atoms with Crippen molar-refractivity contribution in [3.8, 4) is 5.75 Å². The molecule has 0 aromatic heterocycles. The van der Waals surface area contributed by atoms with E-state index in [9.17, 15) is 4.79 Å². The Morgan fingerprint density at radius 1 is 1.03 bits per heavy atom. The lowest BCUT2D eigenvalue weighted by Gasteiger charge is -2.41. The molecule has 4 heteroatoms. The minimum Gasteiger partial charge on any atom is -0.497 e. The van der Waals surface area contributed by atoms with Crippen LogP contribution in [-0.2, 0) is 11.3 Å². The number of methoxy groups -OCH3 is 1. The molecule has 30 heavy (non-hydrogen) atoms. The van der Waals surface area contributed by atoms with Gasteiger partial charge in [-0.1, -0.05) is 63.2 Å². The molecule has 2 fully saturated rings. The number of nitrogens with zero attached hydrogens (tertiary/aromatic N) is 2. The lowest BCUT2D eigenvalue weighted by Crippen LogP contribution is -2.51. The highest BCUT2D eigenvalue weighted by molar-refractivity contribution is 5.81. The van der Waals surface area contributed by atoms with Gasteiger partial charge in [-0.3, -0.25) is 9.69 Å². The number of likely N-dealkylation sites (tertiary alicyclic amines) is 2. The molecule has 1 amide bonds. The van der Waals surface area contributed by atoms with Crippen LogP contribution in [0.3, 0.4) is 0 Å². The van der Waals surface area contributed by atoms with Crippen LogP contribution in [0.1, 0.15) is 44.2 Å². The van der Waals surface area contributed by atoms with Crippen molar-refractivity contribution in [3.63, 3.8) is 0 Å². The van der Waals surface area contributed by atoms with Gasteiger partial charge in [0.1, 0.15) is 5.75 Å². The average molecular weight is 407 g/mol. The molecule has 160 valence electrons. The van der Waals surface area contributed by atoms with Crippen LogP contribution in [0.5, 0.6) is 5.75 Å². The van der Waals surface area contributed by atoms with Gasteiger partial charge in [0, 0.05) is 49.5 Å². The number of rotatable bonds is 4. The summed E-state index contributed by atoms with van der Waals surface area (Å²) < 4.78 is 5.36. The van der Waals surface area contributed by atoms with E-state index in [1.807, 2.05) is 20.8 Å². The van der Waals surface area contributed by atoms with Crippen molar-refractivity contribution in [2.24, 2.45) is 11.3 Å². The number of benzene rings is 2. The fourth-order valence-electron chi connectivity index (χ4n) is 5.20. The van der Waals surface area contributed by atoms with Crippen molar-refractivity contribution >= 4 is 5.91 Å². The van der Waals surface area contributed by atoms with Crippen molar-refractivity contribution in [1.29, 1.82) is 0 Å². The Hall–Kier alpha value is -2.33. The summed E-state index contributed by atoms with van der Waals surface area (Å²) in [6.45, 7) is 9.80. The minimum atomic E-state index is -0.329. The van der Waals surface area contributed by atoms with Crippen LogP contribution in [0.15, 0.2) is 54.6 Å². The lowest BCUT2D eigenvalue weighted by molar-refractivity contribution is -0.142. The second-order valence-electron chi connectivity index (χ2n) is 9.82. The number of ether oxygens (including phenoxy) is 1. The number of piperidine rings is 1. The number of fused-ring (bicyclic) bond motifs is 1. The highest BCUT2D eigenvalue weighted by Gasteiger charge is 2.46. The molecular weight excluding hydrogens is 372 g/mol. The molecule has 0 spiro atoms. The molecule has 2 aliphatic heterocycles. The SMILES string of the molecule is COc1ccc([C@@H]2CN(Cc3ccccc3)[C@H]3CCN(C(=O)C(C)(C)C)C[C@@H]23)cc1. The summed E-state index contributed by atoms with van der Waals surface area (Å²) in [6.07, 6.45) is 1.05. The molecule has 4 rings (SSSR count). The molecule has 0 unspecified atom stereocenters. The summed E-state index contributed by atoms with van der Waals surface area (Å²) in [5.74, 6) is 2.06. The Morgan fingerprint density at radius 2 is 1.73 bits per heavy atom. The van der Waals surface area contributed by atoms with Crippen LogP contribution in [-0.4, -0.2) is 48.5 Å². The molecule has 0 bridgehead atoms. The standard InChI is InChI=1S/C26H34N2O2/c1-26(2,3)25(29)27-15-14-24-23(18-27)22(20-10-12-21(30-4)13-11-20)17-28(24)16-19-8-6-5-7-9-19/h5-13,22-24H,14-18H2,1-4H3/t22-,23-,24-/m0/s1. The van der Waals surface area contributed by atoms with Gasteiger partial charge in [-0.2, -0.15) is 0 Å². The van der Waals surface area contributed by atoms with Gasteiger partial charge in [-0.15, -0.1) is 0 Å². The van der Waals surface area contributed by atoms with Crippen LogP contribution in [0.25, 0.3) is 0 Å². The third-order valence-electron chi connectivity index (χ3n) is 6.74. The van der Waals surface area contributed by atoms with Gasteiger partial charge < -0.3 is 9.64 Å². The van der Waals surface area contributed by atoms with Gasteiger partial charge in [-0.05, 0) is 29.7 Å². The van der Waals surface area contributed by atoms with Crippen LogP contribution in [0, 0.1) is 11.3 Å². The lowest BCUT2D eigenvalue weighted by atomic mass is 9.81. The molecule has 0 aliphatic carbocycles. The van der Waals surface area contributed by atoms with Crippen LogP contribution < -0.4 is 4.74 Å². The largest absolute Gasteiger partial charge is 0.497 e. The summed E-state index contributed by atoms with van der Waals surface area (Å²) >= 11 is 0. The van der Waals surface area contributed by atoms with E-state index in [0.29, 0.717) is 17.9 Å². The predicted octanol–water partition coefficient (Wildman–Crippen LogP) is 4.56. The summed E-state index contributed by atoms with van der Waals surface area (Å²) in [7, 11) is 1.71. The predicted molar refractivity (Wildman–Crippen MR) is 121 cm³/mol. The average Bonchev–Trinajstić information content (AvgIpc) is 3.11. The Kier molecular flexibility index (Phi) is 5.88. The maximum atomic E-state index is 13.0. The van der Waals surface area contributed by atoms with Crippen molar-refractivity contribution in [2.45, 2.75) is 45.7 Å². The highest BCUT2D eigenvalue weighted by atomic mass is 16.5. The van der Waals surface area contributed by atoms with E-state index in [0.717, 1.165) is 38.3 Å². The van der Waals surface area contributed by atoms with Crippen molar-refractivity contribution in [3.05, 3.63) is 65.7 Å². The molecule has 2 heterocycles. The number of hydrogen-bond donors (Lipinski definition) is 0. The topological polar surface area (TPSA) is 32.8 Å². The van der Waals surface area contributed by atoms with E-state index in [1.54, 1.807) is 7.11 Å². The number of amides is 1. The smallest absolute Gasteiger partial charge is 0.227 e. The molecule has 3 atom stereocenters. The van der Waals surface area contributed by atoms with E-state index in [1.165, 1.54) is 11.1 Å². The van der Waals surface area contributed by atoms with Crippen LogP contribution in [0.4, 0.5) is 0 Å². The Bertz CT molecular complexity index is 857. The molecule has 2 aliphatic rings. The van der Waals surface area contributed by atoms with E-state index < -0.39 is 0 Å². The van der Waals surface area contributed by atoms with E-state index in [2.05, 4.69) is 64.4 Å². The Labute approximate surface area is 180 Å². The van der Waals surface area contributed by atoms with Crippen molar-refractivity contribution < 1.29 is 9.53 Å². The molecular formula is C26H34N2O2. The van der Waals surface area contributed by atoms with Crippen LogP contribution >= 0.6 is 0 Å². The second-order valence-corrected chi connectivity index (χ2v) is 9.82. The third kappa shape index (κ3) is 4.24. The van der Waals surface area contributed by atoms with Gasteiger partial charge in [0.25, 0.3) is 0 Å². The third-order valence-corrected chi connectivity index (χ3v) is 6.74. The quantitative estimate of drug-likeness (QED) is 0.746. The fourth-order valence-corrected chi connectivity index (χ4v) is 5.20. The van der Waals surface area contributed by atoms with Gasteiger partial charge in [0.05, 0.1) is 7.11 Å². The molecule has 2 aromatic rings. The fraction of sp³-hybridized carbons (Fsp3) is 0.500. The van der Waals surface area contributed by atoms with E-state index in [-0.39, 0.29) is 11.3 Å². The highest BCUT2D eigenvalue weighted by Crippen LogP contribution is 2.43. The zero-order valence-electron chi connectivity index (χ0n) is 18.7. The normalized spacial score (nSPS) is 24.5. The first kappa shape index (κ1) is 20.9. The molecule has 0 radical (unpaired) electrons. The van der Waals surface area contributed by atoms with E-state index >= 15 is 0 Å². The minimum absolute atomic E-state index is 0.274. The Balaban J connectivity index is 1.59. The molecule has 0 N–H and O–H groups in total. The van der Waals surface area contributed by atoms with Crippen LogP contribution in [0.2, 0.25) is 0 Å². The summed E-state index contributed by atoms with van der Waals surface area (Å²) in [6, 6.07) is 19.8. The van der Waals surface area contributed by atoms with Gasteiger partial charge in [0.2, 0.25) is 5.91 Å². The van der Waals surface area contributed by atoms with Gasteiger partial charge in [0.15, 0.2) is 0 Å². The zero-order chi connectivity index (χ0) is 21.3. The molecule has 4 nitrogen and oxygen atoms in total. The maximum absolute atomic E-state index is 13.0. The second kappa shape index (κ2) is 8.43. The zero-order valence-corrected chi connectivity index (χ0v) is 18.7. The summed E-state index contributed by atoms with van der Waals surface area (Å²) in [4.78, 5) is 17.8. The Morgan fingerprint density at radius 3 is 2.37 bits per heavy atom. The number of carbonyl (C=O) groups is 1. The first-order valence-electron chi connectivity index (χ1n) is 11.1. The number of hydrogen-bond acceptors (Lipinski definition) is 3. The summed E-state index contributed by atoms with van der Waals surface area (Å²) in [5, 5.41) is 0. The van der Waals surface area contributed by atoms with Crippen molar-refractivity contribution in [1.82, 2.24) is 9.80 Å². The maximum Gasteiger partial charge on any atom is 0.227 e. The van der Waals surface area contributed by atoms with Gasteiger partial charge >= 0.3 is 0 Å². The molecule has 2 saturated heterocycles. The van der Waals surface area contributed by atoms with Crippen molar-refractivity contribution in [2.75, 3.05) is 26.7 Å². The van der Waals surface area contributed by atoms with E-state index in [4.69, 9.17) is 4.74 Å². The summed E-state index contributed by atoms with van der Waals surface area (Å²) in [5.41, 5.74) is 2.39.